The van der Waals surface area contributed by atoms with Gasteiger partial charge in [-0.2, -0.15) is 30.5 Å². The molecule has 8 aromatic rings. The average Bonchev–Trinajstić information content (AvgIpc) is 3.99. The second-order valence-electron chi connectivity index (χ2n) is 15.6. The maximum absolute atomic E-state index is 12.2. The Morgan fingerprint density at radius 3 is 2.10 bits per heavy atom. The molecule has 0 spiro atoms. The summed E-state index contributed by atoms with van der Waals surface area (Å²) in [5.41, 5.74) is 2.79. The lowest BCUT2D eigenvalue weighted by molar-refractivity contribution is -0.120. The number of carbonyl (C=O) groups excluding carboxylic acids is 1. The summed E-state index contributed by atoms with van der Waals surface area (Å²) < 4.78 is 130. The van der Waals surface area contributed by atoms with Crippen molar-refractivity contribution in [3.8, 4) is 34.7 Å². The number of aromatic nitrogens is 3. The van der Waals surface area contributed by atoms with Crippen molar-refractivity contribution in [2.24, 2.45) is 30.7 Å². The van der Waals surface area contributed by atoms with E-state index in [4.69, 9.17) is 31.6 Å². The van der Waals surface area contributed by atoms with Gasteiger partial charge in [-0.3, -0.25) is 22.9 Å². The number of benzene rings is 5. The highest BCUT2D eigenvalue weighted by Crippen LogP contribution is 2.47. The largest absolute Gasteiger partial charge is 0.493 e. The van der Waals surface area contributed by atoms with Crippen molar-refractivity contribution in [2.75, 3.05) is 18.6 Å². The smallest absolute Gasteiger partial charge is 0.425 e. The molecule has 0 saturated carbocycles. The Bertz CT molecular complexity index is 4200. The number of nitrogens with zero attached hydrogens (tertiary/aromatic N) is 10. The van der Waals surface area contributed by atoms with Crippen LogP contribution in [0.25, 0.3) is 38.7 Å². The number of pyridine rings is 1. The fourth-order valence-electron chi connectivity index (χ4n) is 7.19. The highest BCUT2D eigenvalue weighted by molar-refractivity contribution is 7.86. The molecule has 0 saturated heterocycles. The minimum Gasteiger partial charge on any atom is -0.493 e. The molecule has 0 fully saturated rings. The normalized spacial score (nSPS) is 11.9. The summed E-state index contributed by atoms with van der Waals surface area (Å²) in [6.07, 6.45) is 0.598. The van der Waals surface area contributed by atoms with E-state index >= 15 is 0 Å². The third-order valence-corrected chi connectivity index (χ3v) is 12.8. The van der Waals surface area contributed by atoms with Gasteiger partial charge >= 0.3 is 10.6 Å². The molecule has 3 aromatic heterocycles. The summed E-state index contributed by atoms with van der Waals surface area (Å²) in [7, 11) is -15.8. The molecule has 3 heterocycles. The Kier molecular flexibility index (Phi) is 18.4. The number of imidazole rings is 1. The van der Waals surface area contributed by atoms with Crippen LogP contribution in [0.4, 0.5) is 32.9 Å². The number of aliphatic hydroxyl groups excluding tert-OH is 1. The molecule has 27 nitrogen and oxygen atoms in total. The first-order chi connectivity index (χ1) is 36.3. The first kappa shape index (κ1) is 57.9. The fourth-order valence-corrected chi connectivity index (χ4v) is 9.01. The number of hydrogen-bond donors (Lipinski definition) is 5. The van der Waals surface area contributed by atoms with Crippen LogP contribution in [0.2, 0.25) is 0 Å². The van der Waals surface area contributed by atoms with E-state index in [0.717, 1.165) is 17.4 Å². The number of aliphatic hydroxyl groups is 1. The predicted octanol–water partition coefficient (Wildman–Crippen LogP) is 8.64. The van der Waals surface area contributed by atoms with Crippen molar-refractivity contribution in [1.29, 1.82) is 5.26 Å². The van der Waals surface area contributed by atoms with Gasteiger partial charge in [0.1, 0.15) is 45.1 Å². The van der Waals surface area contributed by atoms with Crippen LogP contribution in [-0.2, 0) is 52.4 Å². The van der Waals surface area contributed by atoms with Gasteiger partial charge in [0.25, 0.3) is 36.8 Å². The van der Waals surface area contributed by atoms with Gasteiger partial charge in [0.15, 0.2) is 16.3 Å². The Morgan fingerprint density at radius 1 is 0.805 bits per heavy atom. The molecule has 0 atom stereocenters. The van der Waals surface area contributed by atoms with E-state index in [0.29, 0.717) is 39.2 Å². The number of nitriles is 1. The van der Waals surface area contributed by atoms with E-state index < -0.39 is 58.2 Å². The first-order valence-electron chi connectivity index (χ1n) is 21.4. The minimum absolute atomic E-state index is 0.0212. The lowest BCUT2D eigenvalue weighted by Crippen LogP contribution is -2.08. The second kappa shape index (κ2) is 24.5. The summed E-state index contributed by atoms with van der Waals surface area (Å²) >= 11 is 0.865. The van der Waals surface area contributed by atoms with Crippen LogP contribution >= 0.6 is 11.3 Å². The number of aryl methyl sites for hydroxylation is 1. The quantitative estimate of drug-likeness (QED) is 0.0261. The number of aromatic hydroxyl groups is 1. The SMILES string of the molecule is CS(=O)(=O)O.Cc1cc(N=Nc2c(C)c(C#N)c3nc4ccccc4n3c2O)c(OCCCS(=O)(=O)O)cc1N=Nc1nc(-c2c(CO)c(OC=O)cc3ccccc23)c(N=Nc2ccccc2S(=O)(=O)O)s1.O=S(=O)=O. The van der Waals surface area contributed by atoms with Gasteiger partial charge < -0.3 is 19.7 Å². The molecule has 0 aliphatic rings. The van der Waals surface area contributed by atoms with Crippen molar-refractivity contribution < 1.29 is 76.0 Å². The van der Waals surface area contributed by atoms with Gasteiger partial charge in [-0.15, -0.1) is 43.3 Å². The van der Waals surface area contributed by atoms with E-state index in [1.54, 1.807) is 68.4 Å². The molecule has 400 valence electrons. The maximum atomic E-state index is 12.2. The van der Waals surface area contributed by atoms with E-state index in [9.17, 15) is 54.6 Å². The molecule has 5 N–H and O–H groups in total. The second-order valence-corrected chi connectivity index (χ2v) is 21.4. The number of rotatable bonds is 16. The van der Waals surface area contributed by atoms with Crippen LogP contribution in [0, 0.1) is 25.2 Å². The number of para-hydroxylation sites is 2. The van der Waals surface area contributed by atoms with Gasteiger partial charge in [-0.05, 0) is 73.0 Å². The third kappa shape index (κ3) is 14.7. The van der Waals surface area contributed by atoms with E-state index in [-0.39, 0.29) is 97.8 Å². The van der Waals surface area contributed by atoms with Gasteiger partial charge in [0, 0.05) is 22.8 Å². The van der Waals surface area contributed by atoms with Crippen LogP contribution in [0.5, 0.6) is 17.4 Å². The lowest BCUT2D eigenvalue weighted by Gasteiger charge is -2.14. The van der Waals surface area contributed by atoms with Crippen LogP contribution in [0.1, 0.15) is 28.7 Å². The highest BCUT2D eigenvalue weighted by atomic mass is 32.2. The van der Waals surface area contributed by atoms with Gasteiger partial charge in [0.05, 0.1) is 41.9 Å². The van der Waals surface area contributed by atoms with Gasteiger partial charge in [-0.1, -0.05) is 59.9 Å². The van der Waals surface area contributed by atoms with Gasteiger partial charge in [0.2, 0.25) is 11.0 Å². The Balaban J connectivity index is 0.000000988. The molecule has 0 aliphatic carbocycles. The molecule has 0 radical (unpaired) electrons. The standard InChI is InChI=1S/C44H34N10O11S3.CH4O3S.O3S/c1-24-18-33(50-51-39-25(2)28(21-45)41-46-30-12-5-7-14-34(30)54(41)43(39)57)36(64-16-9-17-67(58,59)60)20-32(24)49-53-44-47-40(42(66-44)52-48-31-13-6-8-15-37(31)68(61,62)63)38-27-11-4-3-10-26(27)19-35(65-23-56)29(38)22-55;1-5(2,3)4;1-4(2)3/h3-8,10-15,18-20,23,55,57H,9,16-17,22H2,1-2H3,(H,58,59,60)(H,61,62,63);1H3,(H,2,3,4);. The summed E-state index contributed by atoms with van der Waals surface area (Å²) in [4.78, 5) is 20.3. The van der Waals surface area contributed by atoms with Crippen molar-refractivity contribution in [1.82, 2.24) is 14.4 Å². The summed E-state index contributed by atoms with van der Waals surface area (Å²) in [6.45, 7) is 2.64. The number of hydrogen-bond acceptors (Lipinski definition) is 24. The van der Waals surface area contributed by atoms with E-state index in [2.05, 4.69) is 41.7 Å². The molecular formula is C45H38N10O17S5. The summed E-state index contributed by atoms with van der Waals surface area (Å²) in [6, 6.07) is 26.0. The Morgan fingerprint density at radius 2 is 1.44 bits per heavy atom. The van der Waals surface area contributed by atoms with Crippen molar-refractivity contribution in [3.63, 3.8) is 0 Å². The molecule has 8 rings (SSSR count). The maximum Gasteiger partial charge on any atom is 0.425 e. The number of thiazole rings is 1. The van der Waals surface area contributed by atoms with E-state index in [1.807, 2.05) is 0 Å². The van der Waals surface area contributed by atoms with Crippen molar-refractivity contribution in [3.05, 3.63) is 113 Å². The fraction of sp³-hybridized carbons (Fsp3) is 0.156. The third-order valence-electron chi connectivity index (χ3n) is 10.3. The Hall–Kier alpha value is -8.39. The number of azo groups is 3. The highest BCUT2D eigenvalue weighted by Gasteiger charge is 2.25. The molecule has 32 heteroatoms. The first-order valence-corrected chi connectivity index (χ1v) is 28.1. The Labute approximate surface area is 441 Å². The molecule has 0 amide bonds. The molecule has 0 unspecified atom stereocenters. The number of fused-ring (bicyclic) bond motifs is 4. The molecule has 0 aliphatic heterocycles. The minimum atomic E-state index is -4.72. The zero-order chi connectivity index (χ0) is 56.4. The summed E-state index contributed by atoms with van der Waals surface area (Å²) in [5.74, 6) is -0.877. The van der Waals surface area contributed by atoms with Crippen LogP contribution < -0.4 is 9.47 Å². The number of carbonyl (C=O) groups is 1. The van der Waals surface area contributed by atoms with Crippen LogP contribution in [0.15, 0.2) is 127 Å². The molecule has 77 heavy (non-hydrogen) atoms. The predicted molar refractivity (Wildman–Crippen MR) is 275 cm³/mol. The zero-order valence-electron chi connectivity index (χ0n) is 39.7. The average molecular weight is 1150 g/mol. The molecular weight excluding hydrogens is 1110 g/mol. The summed E-state index contributed by atoms with van der Waals surface area (Å²) in [5, 5.41) is 59.4. The zero-order valence-corrected chi connectivity index (χ0v) is 43.8. The van der Waals surface area contributed by atoms with Crippen LogP contribution in [0.3, 0.4) is 0 Å². The number of ether oxygens (including phenoxy) is 2. The van der Waals surface area contributed by atoms with Crippen molar-refractivity contribution in [2.45, 2.75) is 31.8 Å². The van der Waals surface area contributed by atoms with Gasteiger partial charge in [-0.25, -0.2) is 9.97 Å². The molecule has 0 bridgehead atoms. The molecule has 5 aromatic carbocycles. The monoisotopic (exact) mass is 1150 g/mol. The van der Waals surface area contributed by atoms with Crippen LogP contribution in [-0.4, -0.2) is 101 Å². The van der Waals surface area contributed by atoms with E-state index in [1.165, 1.54) is 34.7 Å². The lowest BCUT2D eigenvalue weighted by atomic mass is 9.96. The van der Waals surface area contributed by atoms with Crippen molar-refractivity contribution >= 4 is 119 Å². The topological polar surface area (TPSA) is 418 Å².